The lowest BCUT2D eigenvalue weighted by Crippen LogP contribution is -2.26. The molecule has 0 aliphatic rings. The number of rotatable bonds is 4. The second-order valence-electron chi connectivity index (χ2n) is 9.90. The molecule has 4 nitrogen and oxygen atoms in total. The Morgan fingerprint density at radius 2 is 1.21 bits per heavy atom. The molecule has 0 saturated heterocycles. The molecule has 1 atom stereocenters. The van der Waals surface area contributed by atoms with Gasteiger partial charge in [-0.2, -0.15) is 0 Å². The highest BCUT2D eigenvalue weighted by Gasteiger charge is 2.23. The van der Waals surface area contributed by atoms with Crippen LogP contribution in [-0.2, 0) is 4.74 Å². The first kappa shape index (κ1) is 24.4. The van der Waals surface area contributed by atoms with Crippen LogP contribution in [0.3, 0.4) is 0 Å². The van der Waals surface area contributed by atoms with E-state index in [4.69, 9.17) is 9.47 Å². The lowest BCUT2D eigenvalue weighted by atomic mass is 9.82. The Hall–Kier alpha value is -3.27. The number of ether oxygens (including phenoxy) is 2. The van der Waals surface area contributed by atoms with Crippen LogP contribution in [0.25, 0.3) is 0 Å². The van der Waals surface area contributed by atoms with Crippen LogP contribution in [0.2, 0.25) is 0 Å². The first-order valence-corrected chi connectivity index (χ1v) is 11.2. The first-order chi connectivity index (χ1) is 15.4. The summed E-state index contributed by atoms with van der Waals surface area (Å²) in [5, 5.41) is 10.3. The van der Waals surface area contributed by atoms with Crippen LogP contribution in [0.4, 0.5) is 4.79 Å². The van der Waals surface area contributed by atoms with Gasteiger partial charge in [0.2, 0.25) is 0 Å². The fourth-order valence-electron chi connectivity index (χ4n) is 4.16. The topological polar surface area (TPSA) is 55.8 Å². The summed E-state index contributed by atoms with van der Waals surface area (Å²) in [6.45, 7) is 15.2. The number of hydrogen-bond acceptors (Lipinski definition) is 4. The monoisotopic (exact) mass is 446 g/mol. The van der Waals surface area contributed by atoms with Crippen LogP contribution in [0.5, 0.6) is 11.5 Å². The summed E-state index contributed by atoms with van der Waals surface area (Å²) in [6, 6.07) is 16.7. The fraction of sp³-hybridized carbons (Fsp3) is 0.345. The lowest BCUT2D eigenvalue weighted by molar-refractivity contribution is 0.0203. The van der Waals surface area contributed by atoms with Crippen molar-refractivity contribution >= 4 is 6.16 Å². The van der Waals surface area contributed by atoms with E-state index < -0.39 is 11.8 Å². The summed E-state index contributed by atoms with van der Waals surface area (Å²) in [6.07, 6.45) is -0.707. The molecule has 0 heterocycles. The van der Waals surface area contributed by atoms with Crippen LogP contribution < -0.4 is 4.74 Å². The Morgan fingerprint density at radius 1 is 0.758 bits per heavy atom. The molecule has 0 spiro atoms. The molecule has 0 amide bonds. The minimum Gasteiger partial charge on any atom is -0.507 e. The van der Waals surface area contributed by atoms with Gasteiger partial charge in [-0.25, -0.2) is 4.79 Å². The molecule has 3 rings (SSSR count). The Morgan fingerprint density at radius 3 is 1.67 bits per heavy atom. The summed E-state index contributed by atoms with van der Waals surface area (Å²) < 4.78 is 10.9. The normalized spacial score (nSPS) is 12.4. The van der Waals surface area contributed by atoms with Gasteiger partial charge < -0.3 is 14.6 Å². The minimum atomic E-state index is -0.707. The van der Waals surface area contributed by atoms with Crippen molar-refractivity contribution in [1.82, 2.24) is 0 Å². The molecule has 0 bridgehead atoms. The van der Waals surface area contributed by atoms with Gasteiger partial charge >= 0.3 is 6.16 Å². The average molecular weight is 447 g/mol. The Bertz CT molecular complexity index is 1120. The Balaban J connectivity index is 2.10. The Labute approximate surface area is 197 Å². The number of phenols is 1. The van der Waals surface area contributed by atoms with Crippen LogP contribution in [0.15, 0.2) is 48.5 Å². The van der Waals surface area contributed by atoms with Crippen molar-refractivity contribution in [3.8, 4) is 11.5 Å². The van der Waals surface area contributed by atoms with Crippen molar-refractivity contribution in [3.05, 3.63) is 93.0 Å². The van der Waals surface area contributed by atoms with E-state index in [1.54, 1.807) is 0 Å². The summed E-state index contributed by atoms with van der Waals surface area (Å²) in [5.74, 6) is 0.820. The van der Waals surface area contributed by atoms with E-state index in [9.17, 15) is 9.90 Å². The molecule has 0 aliphatic carbocycles. The molecule has 1 N–H and O–H groups in total. The zero-order valence-corrected chi connectivity index (χ0v) is 20.9. The number of phenolic OH excluding ortho intramolecular Hbond substituents is 1. The predicted octanol–water partition coefficient (Wildman–Crippen LogP) is 7.43. The van der Waals surface area contributed by atoms with E-state index in [0.717, 1.165) is 38.9 Å². The summed E-state index contributed by atoms with van der Waals surface area (Å²) in [5.41, 5.74) is 7.35. The number of benzene rings is 3. The van der Waals surface area contributed by atoms with Gasteiger partial charge in [0.1, 0.15) is 17.1 Å². The van der Waals surface area contributed by atoms with Crippen molar-refractivity contribution < 1.29 is 19.4 Å². The predicted molar refractivity (Wildman–Crippen MR) is 132 cm³/mol. The first-order valence-electron chi connectivity index (χ1n) is 11.2. The van der Waals surface area contributed by atoms with E-state index in [-0.39, 0.29) is 5.92 Å². The maximum Gasteiger partial charge on any atom is 0.514 e. The van der Waals surface area contributed by atoms with Gasteiger partial charge in [-0.1, -0.05) is 54.1 Å². The van der Waals surface area contributed by atoms with Crippen molar-refractivity contribution in [3.63, 3.8) is 0 Å². The molecular weight excluding hydrogens is 412 g/mol. The molecule has 0 fully saturated rings. The molecular formula is C29H34O4. The van der Waals surface area contributed by atoms with Crippen molar-refractivity contribution in [2.75, 3.05) is 0 Å². The van der Waals surface area contributed by atoms with E-state index in [0.29, 0.717) is 11.5 Å². The van der Waals surface area contributed by atoms with Gasteiger partial charge in [0.05, 0.1) is 0 Å². The van der Waals surface area contributed by atoms with E-state index >= 15 is 0 Å². The molecule has 1 unspecified atom stereocenters. The third-order valence-electron chi connectivity index (χ3n) is 5.65. The molecule has 33 heavy (non-hydrogen) atoms. The second-order valence-corrected chi connectivity index (χ2v) is 9.90. The number of aryl methyl sites for hydroxylation is 5. The average Bonchev–Trinajstić information content (AvgIpc) is 2.69. The summed E-state index contributed by atoms with van der Waals surface area (Å²) >= 11 is 0. The van der Waals surface area contributed by atoms with Crippen molar-refractivity contribution in [1.29, 1.82) is 0 Å². The number of carbonyl (C=O) groups is 1. The van der Waals surface area contributed by atoms with Gasteiger partial charge in [-0.15, -0.1) is 0 Å². The highest BCUT2D eigenvalue weighted by Crippen LogP contribution is 2.38. The Kier molecular flexibility index (Phi) is 6.87. The zero-order valence-electron chi connectivity index (χ0n) is 20.9. The standard InChI is InChI=1S/C29H34O4/c1-17-9-11-22(12-10-17)25(23-13-18(2)26(30)19(3)14-23)24-15-20(4)27(21(5)16-24)32-28(31)33-29(6,7)8/h9-16,25,30H,1-8H3. The molecule has 3 aromatic rings. The van der Waals surface area contributed by atoms with Gasteiger partial charge in [-0.05, 0) is 94.3 Å². The van der Waals surface area contributed by atoms with Crippen molar-refractivity contribution in [2.24, 2.45) is 0 Å². The van der Waals surface area contributed by atoms with E-state index in [2.05, 4.69) is 43.3 Å². The third-order valence-corrected chi connectivity index (χ3v) is 5.65. The maximum absolute atomic E-state index is 12.3. The molecule has 4 heteroatoms. The smallest absolute Gasteiger partial charge is 0.507 e. The van der Waals surface area contributed by atoms with Crippen molar-refractivity contribution in [2.45, 2.75) is 66.9 Å². The highest BCUT2D eigenvalue weighted by molar-refractivity contribution is 5.66. The van der Waals surface area contributed by atoms with E-state index in [1.165, 1.54) is 5.56 Å². The molecule has 0 radical (unpaired) electrons. The van der Waals surface area contributed by atoms with Crippen LogP contribution in [-0.4, -0.2) is 16.9 Å². The van der Waals surface area contributed by atoms with Gasteiger partial charge in [0.25, 0.3) is 0 Å². The number of carbonyl (C=O) groups excluding carboxylic acids is 1. The van der Waals surface area contributed by atoms with E-state index in [1.807, 2.05) is 60.6 Å². The molecule has 3 aromatic carbocycles. The largest absolute Gasteiger partial charge is 0.514 e. The number of hydrogen-bond donors (Lipinski definition) is 1. The molecule has 174 valence electrons. The third kappa shape index (κ3) is 5.75. The molecule has 0 saturated carbocycles. The van der Waals surface area contributed by atoms with Crippen LogP contribution >= 0.6 is 0 Å². The zero-order chi connectivity index (χ0) is 24.5. The number of aromatic hydroxyl groups is 1. The van der Waals surface area contributed by atoms with Crippen LogP contribution in [0, 0.1) is 34.6 Å². The van der Waals surface area contributed by atoms with Gasteiger partial charge in [-0.3, -0.25) is 0 Å². The summed E-state index contributed by atoms with van der Waals surface area (Å²) in [7, 11) is 0. The highest BCUT2D eigenvalue weighted by atomic mass is 16.7. The molecule has 0 aliphatic heterocycles. The second kappa shape index (κ2) is 9.30. The SMILES string of the molecule is Cc1ccc(C(c2cc(C)c(O)c(C)c2)c2cc(C)c(OC(=O)OC(C)(C)C)c(C)c2)cc1. The van der Waals surface area contributed by atoms with Gasteiger partial charge in [0.15, 0.2) is 0 Å². The molecule has 0 aromatic heterocycles. The maximum atomic E-state index is 12.3. The van der Waals surface area contributed by atoms with Crippen LogP contribution in [0.1, 0.15) is 71.2 Å². The van der Waals surface area contributed by atoms with Gasteiger partial charge in [0, 0.05) is 5.92 Å². The lowest BCUT2D eigenvalue weighted by Gasteiger charge is -2.23. The fourth-order valence-corrected chi connectivity index (χ4v) is 4.16. The quantitative estimate of drug-likeness (QED) is 0.257. The minimum absolute atomic E-state index is 0.0309. The summed E-state index contributed by atoms with van der Waals surface area (Å²) in [4.78, 5) is 12.3.